The number of thiophene rings is 1. The molecule has 0 spiro atoms. The van der Waals surface area contributed by atoms with E-state index in [-0.39, 0.29) is 24.0 Å². The van der Waals surface area contributed by atoms with Gasteiger partial charge in [-0.1, -0.05) is 35.9 Å². The van der Waals surface area contributed by atoms with Crippen LogP contribution in [0.2, 0.25) is 4.34 Å². The Kier molecular flexibility index (Phi) is 9.57. The molecule has 1 aromatic carbocycles. The number of halogens is 2. The summed E-state index contributed by atoms with van der Waals surface area (Å²) in [5, 5.41) is 16.7. The summed E-state index contributed by atoms with van der Waals surface area (Å²) in [7, 11) is 0. The molecule has 2 heterocycles. The zero-order valence-corrected chi connectivity index (χ0v) is 19.7. The van der Waals surface area contributed by atoms with E-state index in [1.807, 2.05) is 13.0 Å². The third kappa shape index (κ3) is 6.65. The second kappa shape index (κ2) is 11.6. The number of hydrogen-bond donors (Lipinski definition) is 3. The number of anilines is 1. The second-order valence-electron chi connectivity index (χ2n) is 6.28. The van der Waals surface area contributed by atoms with Crippen molar-refractivity contribution in [1.82, 2.24) is 10.6 Å². The molecule has 3 N–H and O–H groups in total. The number of benzene rings is 1. The lowest BCUT2D eigenvalue weighted by molar-refractivity contribution is 0.184. The van der Waals surface area contributed by atoms with E-state index in [0.29, 0.717) is 23.4 Å². The first-order valence-electron chi connectivity index (χ1n) is 9.10. The molecule has 0 amide bonds. The van der Waals surface area contributed by atoms with Crippen molar-refractivity contribution in [1.29, 1.82) is 0 Å². The minimum atomic E-state index is -0.611. The van der Waals surface area contributed by atoms with Gasteiger partial charge in [0.25, 0.3) is 0 Å². The molecule has 28 heavy (non-hydrogen) atoms. The zero-order chi connectivity index (χ0) is 19.1. The first-order chi connectivity index (χ1) is 13.2. The first kappa shape index (κ1) is 23.0. The number of guanidine groups is 1. The number of aliphatic hydroxyl groups excluding tert-OH is 1. The molecule has 0 bridgehead atoms. The molecule has 0 saturated carbocycles. The summed E-state index contributed by atoms with van der Waals surface area (Å²) in [5.41, 5.74) is 2.38. The number of aliphatic imine (C=N–C) groups is 1. The van der Waals surface area contributed by atoms with Gasteiger partial charge in [-0.15, -0.1) is 35.3 Å². The van der Waals surface area contributed by atoms with Crippen molar-refractivity contribution in [3.05, 3.63) is 63.3 Å². The molecule has 152 valence electrons. The largest absolute Gasteiger partial charge is 0.386 e. The molecule has 0 radical (unpaired) electrons. The van der Waals surface area contributed by atoms with Gasteiger partial charge in [0.1, 0.15) is 6.10 Å². The third-order valence-electron chi connectivity index (χ3n) is 4.27. The van der Waals surface area contributed by atoms with Crippen LogP contribution in [0.4, 0.5) is 5.69 Å². The Morgan fingerprint density at radius 2 is 1.89 bits per heavy atom. The number of hydrogen-bond acceptors (Lipinski definition) is 4. The second-order valence-corrected chi connectivity index (χ2v) is 8.02. The number of aliphatic hydroxyl groups is 1. The summed E-state index contributed by atoms with van der Waals surface area (Å²) in [6.45, 7) is 5.69. The summed E-state index contributed by atoms with van der Waals surface area (Å²) in [6.07, 6.45) is 3.76. The third-order valence-corrected chi connectivity index (χ3v) is 5.60. The fourth-order valence-corrected chi connectivity index (χ4v) is 3.86. The van der Waals surface area contributed by atoms with E-state index >= 15 is 0 Å². The molecule has 1 aromatic heterocycles. The van der Waals surface area contributed by atoms with Crippen LogP contribution in [0.25, 0.3) is 0 Å². The Hall–Kier alpha value is -1.29. The molecule has 0 saturated heterocycles. The smallest absolute Gasteiger partial charge is 0.191 e. The van der Waals surface area contributed by atoms with Gasteiger partial charge in [0.2, 0.25) is 0 Å². The summed E-state index contributed by atoms with van der Waals surface area (Å²) < 4.78 is 0.679. The summed E-state index contributed by atoms with van der Waals surface area (Å²) in [6, 6.07) is 12.2. The van der Waals surface area contributed by atoms with Crippen molar-refractivity contribution in [2.24, 2.45) is 4.99 Å². The van der Waals surface area contributed by atoms with Crippen molar-refractivity contribution in [2.75, 3.05) is 31.1 Å². The maximum atomic E-state index is 10.3. The van der Waals surface area contributed by atoms with Crippen LogP contribution in [0.15, 0.2) is 53.5 Å². The van der Waals surface area contributed by atoms with Crippen LogP contribution in [0.1, 0.15) is 23.5 Å². The first-order valence-corrected chi connectivity index (χ1v) is 10.3. The van der Waals surface area contributed by atoms with E-state index in [9.17, 15) is 5.11 Å². The Labute approximate surface area is 192 Å². The highest BCUT2D eigenvalue weighted by Crippen LogP contribution is 2.26. The minimum absolute atomic E-state index is 0. The van der Waals surface area contributed by atoms with E-state index in [0.717, 1.165) is 30.1 Å². The van der Waals surface area contributed by atoms with Crippen LogP contribution in [0.5, 0.6) is 0 Å². The number of nitrogens with one attached hydrogen (secondary N) is 2. The van der Waals surface area contributed by atoms with Crippen LogP contribution in [-0.4, -0.2) is 37.2 Å². The quantitative estimate of drug-likeness (QED) is 0.217. The van der Waals surface area contributed by atoms with E-state index in [2.05, 4.69) is 56.9 Å². The Morgan fingerprint density at radius 1 is 1.18 bits per heavy atom. The number of nitrogens with zero attached hydrogens (tertiary/aromatic N) is 2. The molecule has 0 fully saturated rings. The predicted molar refractivity (Wildman–Crippen MR) is 130 cm³/mol. The summed E-state index contributed by atoms with van der Waals surface area (Å²) >= 11 is 7.32. The zero-order valence-electron chi connectivity index (χ0n) is 15.8. The summed E-state index contributed by atoms with van der Waals surface area (Å²) in [4.78, 5) is 7.78. The average molecular weight is 533 g/mol. The van der Waals surface area contributed by atoms with Gasteiger partial charge < -0.3 is 20.6 Å². The van der Waals surface area contributed by atoms with Crippen molar-refractivity contribution in [3.63, 3.8) is 0 Å². The Balaban J connectivity index is 0.00000280. The lowest BCUT2D eigenvalue weighted by Crippen LogP contribution is -2.39. The van der Waals surface area contributed by atoms with Gasteiger partial charge in [-0.2, -0.15) is 0 Å². The van der Waals surface area contributed by atoms with Gasteiger partial charge in [-0.05, 0) is 36.8 Å². The predicted octanol–water partition coefficient (Wildman–Crippen LogP) is 4.18. The molecule has 0 aliphatic carbocycles. The fourth-order valence-electron chi connectivity index (χ4n) is 2.81. The molecule has 3 rings (SSSR count). The normalized spacial score (nSPS) is 14.7. The van der Waals surface area contributed by atoms with Gasteiger partial charge in [0.15, 0.2) is 5.96 Å². The van der Waals surface area contributed by atoms with Crippen LogP contribution in [0.3, 0.4) is 0 Å². The molecule has 1 unspecified atom stereocenters. The van der Waals surface area contributed by atoms with E-state index < -0.39 is 6.10 Å². The van der Waals surface area contributed by atoms with Crippen molar-refractivity contribution < 1.29 is 5.11 Å². The molecule has 1 aliphatic heterocycles. The van der Waals surface area contributed by atoms with E-state index in [4.69, 9.17) is 11.6 Å². The van der Waals surface area contributed by atoms with Gasteiger partial charge in [-0.25, -0.2) is 4.99 Å². The Bertz CT molecular complexity index is 786. The highest BCUT2D eigenvalue weighted by atomic mass is 127. The Morgan fingerprint density at radius 3 is 2.50 bits per heavy atom. The van der Waals surface area contributed by atoms with E-state index in [1.54, 1.807) is 6.07 Å². The molecule has 1 atom stereocenters. The van der Waals surface area contributed by atoms with Gasteiger partial charge in [0.05, 0.1) is 10.9 Å². The molecular formula is C20H26ClIN4OS. The van der Waals surface area contributed by atoms with Crippen LogP contribution in [0, 0.1) is 0 Å². The molecule has 8 heteroatoms. The van der Waals surface area contributed by atoms with Gasteiger partial charge >= 0.3 is 0 Å². The maximum Gasteiger partial charge on any atom is 0.191 e. The standard InChI is InChI=1S/C20H25ClN4OS.HI/c1-2-22-20(24-14-17(26)18-9-10-19(21)27-18)23-13-15-5-7-16(8-6-15)25-11-3-4-12-25;/h3-10,17,26H,2,11-14H2,1H3,(H2,22,23,24);1H. The highest BCUT2D eigenvalue weighted by molar-refractivity contribution is 14.0. The summed E-state index contributed by atoms with van der Waals surface area (Å²) in [5.74, 6) is 0.687. The minimum Gasteiger partial charge on any atom is -0.386 e. The monoisotopic (exact) mass is 532 g/mol. The van der Waals surface area contributed by atoms with Gasteiger partial charge in [0, 0.05) is 36.7 Å². The van der Waals surface area contributed by atoms with Crippen LogP contribution >= 0.6 is 46.9 Å². The van der Waals surface area contributed by atoms with Crippen molar-refractivity contribution in [3.8, 4) is 0 Å². The molecule has 5 nitrogen and oxygen atoms in total. The van der Waals surface area contributed by atoms with Crippen molar-refractivity contribution in [2.45, 2.75) is 19.6 Å². The van der Waals surface area contributed by atoms with Gasteiger partial charge in [-0.3, -0.25) is 0 Å². The molecule has 1 aliphatic rings. The highest BCUT2D eigenvalue weighted by Gasteiger charge is 2.11. The number of rotatable bonds is 7. The lowest BCUT2D eigenvalue weighted by atomic mass is 10.2. The maximum absolute atomic E-state index is 10.3. The van der Waals surface area contributed by atoms with Crippen LogP contribution in [-0.2, 0) is 6.54 Å². The molecule has 2 aromatic rings. The molecular weight excluding hydrogens is 507 g/mol. The van der Waals surface area contributed by atoms with E-state index in [1.165, 1.54) is 17.0 Å². The van der Waals surface area contributed by atoms with Crippen molar-refractivity contribution >= 4 is 58.6 Å². The lowest BCUT2D eigenvalue weighted by Gasteiger charge is -2.17. The average Bonchev–Trinajstić information content (AvgIpc) is 3.36. The topological polar surface area (TPSA) is 59.9 Å². The SMILES string of the molecule is CCNC(=NCc1ccc(N2CC=CC2)cc1)NCC(O)c1ccc(Cl)s1.I. The van der Waals surface area contributed by atoms with Crippen LogP contribution < -0.4 is 15.5 Å². The fraction of sp³-hybridized carbons (Fsp3) is 0.350.